The monoisotopic (exact) mass is 502 g/mol. The van der Waals surface area contributed by atoms with Gasteiger partial charge in [0.1, 0.15) is 0 Å². The van der Waals surface area contributed by atoms with Gasteiger partial charge in [0.05, 0.1) is 0 Å². The van der Waals surface area contributed by atoms with E-state index in [1.165, 1.54) is 16.8 Å². The summed E-state index contributed by atoms with van der Waals surface area (Å²) in [6, 6.07) is 21.8. The molecular formula is C17H23ClNPPt. The van der Waals surface area contributed by atoms with Crippen molar-refractivity contribution in [2.24, 2.45) is 0 Å². The Morgan fingerprint density at radius 1 is 0.857 bits per heavy atom. The van der Waals surface area contributed by atoms with Gasteiger partial charge >= 0.3 is 28.2 Å². The van der Waals surface area contributed by atoms with Gasteiger partial charge in [-0.15, -0.1) is 0 Å². The molecule has 0 unspecified atom stereocenters. The number of hydrogen-bond donors (Lipinski definition) is 0. The van der Waals surface area contributed by atoms with Gasteiger partial charge in [-0.3, -0.25) is 0 Å². The van der Waals surface area contributed by atoms with E-state index < -0.39 is 0 Å². The molecule has 0 saturated heterocycles. The van der Waals surface area contributed by atoms with Crippen LogP contribution in [0.1, 0.15) is 0 Å². The molecular weight excluding hydrogens is 480 g/mol. The van der Waals surface area contributed by atoms with E-state index in [1.54, 1.807) is 18.8 Å². The molecule has 0 fully saturated rings. The average molecular weight is 503 g/mol. The van der Waals surface area contributed by atoms with E-state index in [2.05, 4.69) is 89.1 Å². The molecule has 2 rings (SSSR count). The number of hydrogen-bond acceptors (Lipinski definition) is 1. The van der Waals surface area contributed by atoms with Crippen molar-refractivity contribution in [1.82, 2.24) is 4.90 Å². The van der Waals surface area contributed by atoms with Crippen molar-refractivity contribution in [3.63, 3.8) is 0 Å². The van der Waals surface area contributed by atoms with Crippen molar-refractivity contribution in [2.75, 3.05) is 26.8 Å². The van der Waals surface area contributed by atoms with Gasteiger partial charge in [-0.05, 0) is 38.8 Å². The summed E-state index contributed by atoms with van der Waals surface area (Å²) in [6.45, 7) is 1.13. The standard InChI is InChI=1S/C16H20NP.CH3.ClH.Pt/c1-17(2)13-14-18(15-9-5-3-6-10-15)16-11-7-4-8-12-16;;;/h3-12H,13-14H2,1-2H3;1H3;1H;/q;-1;;+2/p-1. The Morgan fingerprint density at radius 2 is 1.24 bits per heavy atom. The third kappa shape index (κ3) is 7.57. The van der Waals surface area contributed by atoms with Crippen molar-refractivity contribution in [1.29, 1.82) is 0 Å². The summed E-state index contributed by atoms with van der Waals surface area (Å²) in [5, 5.41) is 2.95. The Labute approximate surface area is 146 Å². The Morgan fingerprint density at radius 3 is 1.57 bits per heavy atom. The SMILES string of the molecule is CN(C)CCP(c1ccccc1)c1ccccc1.[CH3-].[Cl][Pt+]. The van der Waals surface area contributed by atoms with E-state index >= 15 is 0 Å². The minimum atomic E-state index is -0.225. The Balaban J connectivity index is 0.00000128. The van der Waals surface area contributed by atoms with Gasteiger partial charge < -0.3 is 12.3 Å². The first kappa shape index (κ1) is 20.8. The molecule has 0 spiro atoms. The molecule has 0 saturated carbocycles. The third-order valence-corrected chi connectivity index (χ3v) is 5.40. The predicted molar refractivity (Wildman–Crippen MR) is 94.8 cm³/mol. The van der Waals surface area contributed by atoms with E-state index in [9.17, 15) is 0 Å². The van der Waals surface area contributed by atoms with Crippen LogP contribution in [-0.4, -0.2) is 31.7 Å². The summed E-state index contributed by atoms with van der Waals surface area (Å²) >= 11 is 1.61. The van der Waals surface area contributed by atoms with Gasteiger partial charge in [-0.2, -0.15) is 0 Å². The van der Waals surface area contributed by atoms with Crippen molar-refractivity contribution >= 4 is 27.9 Å². The van der Waals surface area contributed by atoms with Crippen molar-refractivity contribution < 1.29 is 18.8 Å². The molecule has 0 aliphatic carbocycles. The number of nitrogens with zero attached hydrogens (tertiary/aromatic N) is 1. The molecule has 4 heteroatoms. The maximum absolute atomic E-state index is 4.61. The Hall–Kier alpha value is -0.192. The summed E-state index contributed by atoms with van der Waals surface area (Å²) in [6.07, 6.45) is 1.22. The van der Waals surface area contributed by atoms with Gasteiger partial charge in [-0.1, -0.05) is 60.7 Å². The Bertz CT molecular complexity index is 425. The van der Waals surface area contributed by atoms with Gasteiger partial charge in [0.15, 0.2) is 0 Å². The van der Waals surface area contributed by atoms with E-state index in [-0.39, 0.29) is 15.3 Å². The fourth-order valence-electron chi connectivity index (χ4n) is 1.92. The van der Waals surface area contributed by atoms with Crippen LogP contribution in [0.2, 0.25) is 0 Å². The van der Waals surface area contributed by atoms with E-state index in [0.717, 1.165) is 6.54 Å². The first-order valence-corrected chi connectivity index (χ1v) is 10.8. The van der Waals surface area contributed by atoms with Crippen molar-refractivity contribution in [3.05, 3.63) is 68.1 Å². The minimum absolute atomic E-state index is 0. The van der Waals surface area contributed by atoms with Crippen LogP contribution in [0.4, 0.5) is 0 Å². The zero-order chi connectivity index (χ0) is 14.8. The normalized spacial score (nSPS) is 9.86. The van der Waals surface area contributed by atoms with Crippen LogP contribution in [-0.2, 0) is 18.8 Å². The van der Waals surface area contributed by atoms with E-state index in [0.29, 0.717) is 0 Å². The molecule has 2 aromatic carbocycles. The summed E-state index contributed by atoms with van der Waals surface area (Å²) in [5.41, 5.74) is 0. The molecule has 0 aliphatic heterocycles. The molecule has 21 heavy (non-hydrogen) atoms. The van der Waals surface area contributed by atoms with Crippen LogP contribution in [0.15, 0.2) is 60.7 Å². The summed E-state index contributed by atoms with van der Waals surface area (Å²) in [7, 11) is 8.67. The van der Waals surface area contributed by atoms with Crippen LogP contribution in [0.3, 0.4) is 0 Å². The summed E-state index contributed by atoms with van der Waals surface area (Å²) in [4.78, 5) is 2.27. The first-order valence-electron chi connectivity index (χ1n) is 6.41. The predicted octanol–water partition coefficient (Wildman–Crippen LogP) is 3.82. The molecule has 0 radical (unpaired) electrons. The van der Waals surface area contributed by atoms with E-state index in [1.807, 2.05) is 0 Å². The topological polar surface area (TPSA) is 3.24 Å². The molecule has 118 valence electrons. The second-order valence-electron chi connectivity index (χ2n) is 4.63. The zero-order valence-corrected chi connectivity index (χ0v) is 16.7. The van der Waals surface area contributed by atoms with Crippen LogP contribution < -0.4 is 10.6 Å². The quantitative estimate of drug-likeness (QED) is 0.444. The van der Waals surface area contributed by atoms with Crippen molar-refractivity contribution in [2.45, 2.75) is 0 Å². The first-order chi connectivity index (χ1) is 9.77. The van der Waals surface area contributed by atoms with Crippen molar-refractivity contribution in [3.8, 4) is 0 Å². The fraction of sp³-hybridized carbons (Fsp3) is 0.235. The second kappa shape index (κ2) is 12.4. The fourth-order valence-corrected chi connectivity index (χ4v) is 4.40. The average Bonchev–Trinajstić information content (AvgIpc) is 2.51. The summed E-state index contributed by atoms with van der Waals surface area (Å²) < 4.78 is 0. The number of rotatable bonds is 5. The zero-order valence-electron chi connectivity index (χ0n) is 12.8. The molecule has 0 amide bonds. The number of benzene rings is 2. The van der Waals surface area contributed by atoms with Gasteiger partial charge in [0.2, 0.25) is 0 Å². The van der Waals surface area contributed by atoms with Gasteiger partial charge in [0, 0.05) is 6.54 Å². The molecule has 0 bridgehead atoms. The van der Waals surface area contributed by atoms with Crippen LogP contribution in [0.5, 0.6) is 0 Å². The molecule has 1 nitrogen and oxygen atoms in total. The van der Waals surface area contributed by atoms with Crippen LogP contribution >= 0.6 is 17.3 Å². The molecule has 0 atom stereocenters. The van der Waals surface area contributed by atoms with Crippen LogP contribution in [0.25, 0.3) is 0 Å². The molecule has 0 aliphatic rings. The number of halogens is 1. The third-order valence-electron chi connectivity index (χ3n) is 2.91. The van der Waals surface area contributed by atoms with Gasteiger partial charge in [0.25, 0.3) is 0 Å². The van der Waals surface area contributed by atoms with Gasteiger partial charge in [-0.25, -0.2) is 0 Å². The molecule has 0 N–H and O–H groups in total. The Kier molecular flexibility index (Phi) is 12.2. The van der Waals surface area contributed by atoms with E-state index in [4.69, 9.17) is 0 Å². The van der Waals surface area contributed by atoms with Crippen LogP contribution in [0, 0.1) is 7.43 Å². The summed E-state index contributed by atoms with van der Waals surface area (Å²) in [5.74, 6) is 0. The molecule has 0 aromatic heterocycles. The second-order valence-corrected chi connectivity index (χ2v) is 6.96. The molecule has 2 aromatic rings. The molecule has 0 heterocycles. The maximum atomic E-state index is 4.61.